The van der Waals surface area contributed by atoms with E-state index in [1.165, 1.54) is 0 Å². The van der Waals surface area contributed by atoms with Gasteiger partial charge in [0, 0.05) is 42.0 Å². The summed E-state index contributed by atoms with van der Waals surface area (Å²) < 4.78 is 4.06. The van der Waals surface area contributed by atoms with Gasteiger partial charge in [-0.25, -0.2) is 4.98 Å². The summed E-state index contributed by atoms with van der Waals surface area (Å²) in [5.74, 6) is 1.01. The van der Waals surface area contributed by atoms with Crippen molar-refractivity contribution in [2.24, 2.45) is 0 Å². The van der Waals surface area contributed by atoms with Crippen LogP contribution in [0.3, 0.4) is 0 Å². The minimum Gasteiger partial charge on any atom is -0.334 e. The van der Waals surface area contributed by atoms with Crippen molar-refractivity contribution >= 4 is 0 Å². The van der Waals surface area contributed by atoms with Gasteiger partial charge in [-0.15, -0.1) is 0 Å². The van der Waals surface area contributed by atoms with Crippen molar-refractivity contribution in [2.75, 3.05) is 0 Å². The number of pyridine rings is 1. The Hall–Kier alpha value is -3.21. The summed E-state index contributed by atoms with van der Waals surface area (Å²) in [7, 11) is 0. The predicted octanol–water partition coefficient (Wildman–Crippen LogP) is 4.19. The van der Waals surface area contributed by atoms with E-state index in [1.807, 2.05) is 54.5 Å². The molecule has 5 nitrogen and oxygen atoms in total. The van der Waals surface area contributed by atoms with Crippen molar-refractivity contribution in [3.8, 4) is 22.5 Å². The second-order valence-corrected chi connectivity index (χ2v) is 6.27. The Morgan fingerprint density at radius 1 is 0.923 bits per heavy atom. The fraction of sp³-hybridized carbons (Fsp3) is 0.190. The molecule has 130 valence electrons. The molecule has 0 radical (unpaired) electrons. The van der Waals surface area contributed by atoms with Gasteiger partial charge in [0.15, 0.2) is 0 Å². The van der Waals surface area contributed by atoms with Crippen LogP contribution in [-0.4, -0.2) is 24.3 Å². The Morgan fingerprint density at radius 3 is 2.54 bits per heavy atom. The molecule has 0 aliphatic heterocycles. The van der Waals surface area contributed by atoms with Crippen molar-refractivity contribution in [3.05, 3.63) is 78.6 Å². The van der Waals surface area contributed by atoms with E-state index < -0.39 is 0 Å². The van der Waals surface area contributed by atoms with Crippen LogP contribution in [0.15, 0.2) is 67.1 Å². The summed E-state index contributed by atoms with van der Waals surface area (Å²) in [5, 5.41) is 4.73. The molecule has 0 N–H and O–H groups in total. The van der Waals surface area contributed by atoms with Crippen LogP contribution in [0.25, 0.3) is 22.5 Å². The molecule has 5 heteroatoms. The van der Waals surface area contributed by atoms with Gasteiger partial charge in [-0.05, 0) is 38.1 Å². The fourth-order valence-corrected chi connectivity index (χ4v) is 3.07. The lowest BCUT2D eigenvalue weighted by Crippen LogP contribution is -2.08. The fourth-order valence-electron chi connectivity index (χ4n) is 3.07. The zero-order valence-corrected chi connectivity index (χ0v) is 15.0. The van der Waals surface area contributed by atoms with Gasteiger partial charge in [0.05, 0.1) is 17.9 Å². The summed E-state index contributed by atoms with van der Waals surface area (Å²) in [4.78, 5) is 9.04. The number of imidazole rings is 1. The van der Waals surface area contributed by atoms with Gasteiger partial charge in [0.1, 0.15) is 5.82 Å². The highest BCUT2D eigenvalue weighted by atomic mass is 15.3. The maximum atomic E-state index is 4.73. The summed E-state index contributed by atoms with van der Waals surface area (Å²) in [6, 6.07) is 16.5. The lowest BCUT2D eigenvalue weighted by Gasteiger charge is -2.05. The third-order valence-electron chi connectivity index (χ3n) is 4.43. The van der Waals surface area contributed by atoms with Gasteiger partial charge in [-0.3, -0.25) is 9.67 Å². The molecule has 0 atom stereocenters. The van der Waals surface area contributed by atoms with E-state index in [4.69, 9.17) is 5.10 Å². The molecule has 3 aromatic heterocycles. The van der Waals surface area contributed by atoms with Crippen molar-refractivity contribution in [2.45, 2.75) is 26.9 Å². The van der Waals surface area contributed by atoms with E-state index in [1.54, 1.807) is 0 Å². The number of hydrogen-bond donors (Lipinski definition) is 0. The third kappa shape index (κ3) is 3.28. The van der Waals surface area contributed by atoms with Crippen molar-refractivity contribution in [1.29, 1.82) is 0 Å². The molecule has 3 heterocycles. The van der Waals surface area contributed by atoms with Gasteiger partial charge in [-0.1, -0.05) is 24.3 Å². The highest BCUT2D eigenvalue weighted by Crippen LogP contribution is 2.24. The SMILES string of the molecule is CCn1ccnc1Cn1ccc(-c2cccc(-c3cccc(C)n3)c2)n1. The second-order valence-electron chi connectivity index (χ2n) is 6.27. The minimum absolute atomic E-state index is 0.667. The van der Waals surface area contributed by atoms with Crippen LogP contribution in [-0.2, 0) is 13.1 Å². The number of nitrogens with zero attached hydrogens (tertiary/aromatic N) is 5. The Morgan fingerprint density at radius 2 is 1.73 bits per heavy atom. The molecular weight excluding hydrogens is 322 g/mol. The third-order valence-corrected chi connectivity index (χ3v) is 4.43. The molecule has 0 aliphatic carbocycles. The number of hydrogen-bond acceptors (Lipinski definition) is 3. The first-order valence-corrected chi connectivity index (χ1v) is 8.81. The van der Waals surface area contributed by atoms with Gasteiger partial charge in [0.25, 0.3) is 0 Å². The van der Waals surface area contributed by atoms with E-state index in [-0.39, 0.29) is 0 Å². The normalized spacial score (nSPS) is 11.0. The van der Waals surface area contributed by atoms with E-state index in [2.05, 4.69) is 45.7 Å². The van der Waals surface area contributed by atoms with Crippen LogP contribution in [0, 0.1) is 6.92 Å². The van der Waals surface area contributed by atoms with Crippen molar-refractivity contribution in [3.63, 3.8) is 0 Å². The van der Waals surface area contributed by atoms with E-state index in [0.717, 1.165) is 40.6 Å². The monoisotopic (exact) mass is 343 g/mol. The Kier molecular flexibility index (Phi) is 4.35. The Bertz CT molecular complexity index is 1030. The largest absolute Gasteiger partial charge is 0.334 e. The second kappa shape index (κ2) is 6.96. The van der Waals surface area contributed by atoms with Gasteiger partial charge < -0.3 is 4.57 Å². The quantitative estimate of drug-likeness (QED) is 0.546. The average molecular weight is 343 g/mol. The lowest BCUT2D eigenvalue weighted by molar-refractivity contribution is 0.608. The van der Waals surface area contributed by atoms with Crippen LogP contribution < -0.4 is 0 Å². The molecule has 0 bridgehead atoms. The number of rotatable bonds is 5. The van der Waals surface area contributed by atoms with Crippen molar-refractivity contribution < 1.29 is 0 Å². The molecule has 4 rings (SSSR count). The molecule has 0 fully saturated rings. The van der Waals surface area contributed by atoms with E-state index in [9.17, 15) is 0 Å². The molecule has 1 aromatic carbocycles. The smallest absolute Gasteiger partial charge is 0.130 e. The molecule has 26 heavy (non-hydrogen) atoms. The maximum absolute atomic E-state index is 4.73. The minimum atomic E-state index is 0.667. The maximum Gasteiger partial charge on any atom is 0.130 e. The predicted molar refractivity (Wildman–Crippen MR) is 103 cm³/mol. The first-order valence-electron chi connectivity index (χ1n) is 8.81. The van der Waals surface area contributed by atoms with E-state index in [0.29, 0.717) is 6.54 Å². The summed E-state index contributed by atoms with van der Waals surface area (Å²) >= 11 is 0. The molecule has 0 amide bonds. The van der Waals surface area contributed by atoms with Crippen LogP contribution in [0.4, 0.5) is 0 Å². The Balaban J connectivity index is 1.61. The van der Waals surface area contributed by atoms with Gasteiger partial charge in [0.2, 0.25) is 0 Å². The van der Waals surface area contributed by atoms with Gasteiger partial charge >= 0.3 is 0 Å². The highest BCUT2D eigenvalue weighted by molar-refractivity contribution is 5.69. The number of aromatic nitrogens is 5. The average Bonchev–Trinajstić information content (AvgIpc) is 3.31. The molecule has 0 saturated heterocycles. The molecule has 0 spiro atoms. The van der Waals surface area contributed by atoms with Gasteiger partial charge in [-0.2, -0.15) is 5.10 Å². The zero-order chi connectivity index (χ0) is 17.9. The summed E-state index contributed by atoms with van der Waals surface area (Å²) in [5.41, 5.74) is 5.14. The first-order chi connectivity index (χ1) is 12.7. The van der Waals surface area contributed by atoms with Crippen molar-refractivity contribution in [1.82, 2.24) is 24.3 Å². The zero-order valence-electron chi connectivity index (χ0n) is 15.0. The number of benzene rings is 1. The van der Waals surface area contributed by atoms with Crippen LogP contribution in [0.5, 0.6) is 0 Å². The molecule has 0 saturated carbocycles. The molecule has 0 aliphatic rings. The van der Waals surface area contributed by atoms with Crippen LogP contribution >= 0.6 is 0 Å². The summed E-state index contributed by atoms with van der Waals surface area (Å²) in [6.45, 7) is 5.70. The Labute approximate surface area is 153 Å². The summed E-state index contributed by atoms with van der Waals surface area (Å²) in [6.07, 6.45) is 5.83. The number of aryl methyl sites for hydroxylation is 2. The lowest BCUT2D eigenvalue weighted by atomic mass is 10.1. The van der Waals surface area contributed by atoms with Crippen LogP contribution in [0.2, 0.25) is 0 Å². The standard InChI is InChI=1S/C21H21N5/c1-3-25-13-11-22-21(25)15-26-12-10-20(24-26)18-8-5-7-17(14-18)19-9-4-6-16(2)23-19/h4-14H,3,15H2,1-2H3. The first kappa shape index (κ1) is 16.3. The van der Waals surface area contributed by atoms with E-state index >= 15 is 0 Å². The highest BCUT2D eigenvalue weighted by Gasteiger charge is 2.08. The molecule has 0 unspecified atom stereocenters. The molecule has 4 aromatic rings. The topological polar surface area (TPSA) is 48.5 Å². The van der Waals surface area contributed by atoms with Crippen LogP contribution in [0.1, 0.15) is 18.4 Å². The molecular formula is C21H21N5.